The highest BCUT2D eigenvalue weighted by molar-refractivity contribution is 7.92. The molecule has 0 spiro atoms. The van der Waals surface area contributed by atoms with Crippen molar-refractivity contribution in [2.45, 2.75) is 29.3 Å². The zero-order valence-electron chi connectivity index (χ0n) is 28.0. The smallest absolute Gasteiger partial charge is 0.210 e. The second-order valence-corrected chi connectivity index (χ2v) is 15.7. The fourth-order valence-electron chi connectivity index (χ4n) is 8.29. The normalized spacial score (nSPS) is 18.3. The molecule has 2 aliphatic heterocycles. The van der Waals surface area contributed by atoms with Gasteiger partial charge in [0.1, 0.15) is 6.17 Å². The quantitative estimate of drug-likeness (QED) is 0.188. The first-order valence-electron chi connectivity index (χ1n) is 17.5. The first kappa shape index (κ1) is 30.0. The van der Waals surface area contributed by atoms with E-state index in [4.69, 9.17) is 0 Å². The van der Waals surface area contributed by atoms with Crippen LogP contribution in [0.2, 0.25) is 0 Å². The third-order valence-electron chi connectivity index (χ3n) is 10.7. The van der Waals surface area contributed by atoms with Crippen molar-refractivity contribution in [2.24, 2.45) is 5.92 Å². The Morgan fingerprint density at radius 1 is 0.608 bits per heavy atom. The number of fused-ring (bicyclic) bond motifs is 4. The van der Waals surface area contributed by atoms with E-state index in [1.165, 1.54) is 38.2 Å². The second kappa shape index (κ2) is 11.3. The van der Waals surface area contributed by atoms with Gasteiger partial charge in [-0.2, -0.15) is 0 Å². The van der Waals surface area contributed by atoms with Crippen LogP contribution in [0, 0.1) is 5.92 Å². The number of benzene rings is 7. The summed E-state index contributed by atoms with van der Waals surface area (Å²) >= 11 is 0. The maximum absolute atomic E-state index is 14.3. The summed E-state index contributed by atoms with van der Waals surface area (Å²) in [4.78, 5) is 2.86. The lowest BCUT2D eigenvalue weighted by atomic mass is 9.86. The van der Waals surface area contributed by atoms with Crippen LogP contribution in [0.25, 0.3) is 54.9 Å². The Balaban J connectivity index is 1.09. The van der Waals surface area contributed by atoms with Gasteiger partial charge >= 0.3 is 0 Å². The monoisotopic (exact) mass is 678 g/mol. The number of sulfone groups is 1. The number of anilines is 3. The fraction of sp³-hybridized carbons (Fsp3) is 0.0870. The predicted octanol–water partition coefficient (Wildman–Crippen LogP) is 11.6. The molecule has 0 radical (unpaired) electrons. The zero-order valence-corrected chi connectivity index (χ0v) is 28.9. The molecule has 246 valence electrons. The highest BCUT2D eigenvalue weighted by Gasteiger charge is 2.43. The van der Waals surface area contributed by atoms with Gasteiger partial charge in [0.15, 0.2) is 0 Å². The molecule has 3 aliphatic rings. The lowest BCUT2D eigenvalue weighted by Crippen LogP contribution is -2.36. The molecule has 0 fully saturated rings. The van der Waals surface area contributed by atoms with Crippen LogP contribution in [0.5, 0.6) is 0 Å². The largest absolute Gasteiger partial charge is 0.359 e. The van der Waals surface area contributed by atoms with E-state index < -0.39 is 9.84 Å². The SMILES string of the molecule is CC1C=CC(C2Nc3cccc4c3N2c2ccc(-c3ccc(-c5c6ccccc6c(-c6ccccc6)c6ccccc56)cc3)cc2S4(=O)=O)=CC1. The Bertz CT molecular complexity index is 2670. The maximum Gasteiger partial charge on any atom is 0.210 e. The summed E-state index contributed by atoms with van der Waals surface area (Å²) in [6.45, 7) is 2.21. The van der Waals surface area contributed by atoms with Gasteiger partial charge in [0.2, 0.25) is 9.84 Å². The van der Waals surface area contributed by atoms with Crippen molar-refractivity contribution < 1.29 is 8.42 Å². The number of nitrogens with one attached hydrogen (secondary N) is 1. The van der Waals surface area contributed by atoms with Crippen molar-refractivity contribution in [1.82, 2.24) is 0 Å². The van der Waals surface area contributed by atoms with Crippen LogP contribution in [0.3, 0.4) is 0 Å². The van der Waals surface area contributed by atoms with E-state index in [0.717, 1.165) is 40.1 Å². The molecule has 1 N–H and O–H groups in total. The lowest BCUT2D eigenvalue weighted by Gasteiger charge is -2.34. The summed E-state index contributed by atoms with van der Waals surface area (Å²) in [5.74, 6) is 0.488. The topological polar surface area (TPSA) is 49.4 Å². The summed E-state index contributed by atoms with van der Waals surface area (Å²) < 4.78 is 28.5. The van der Waals surface area contributed by atoms with Crippen molar-refractivity contribution >= 4 is 48.4 Å². The second-order valence-electron chi connectivity index (χ2n) is 13.8. The molecule has 7 aromatic carbocycles. The van der Waals surface area contributed by atoms with Crippen LogP contribution in [-0.2, 0) is 9.84 Å². The van der Waals surface area contributed by atoms with Gasteiger partial charge in [0.05, 0.1) is 26.9 Å². The van der Waals surface area contributed by atoms with Gasteiger partial charge in [-0.25, -0.2) is 8.42 Å². The number of hydrogen-bond acceptors (Lipinski definition) is 4. The fourth-order valence-corrected chi connectivity index (χ4v) is 9.98. The van der Waals surface area contributed by atoms with E-state index in [1.54, 1.807) is 6.07 Å². The first-order chi connectivity index (χ1) is 25.0. The number of hydrogen-bond donors (Lipinski definition) is 1. The summed E-state index contributed by atoms with van der Waals surface area (Å²) in [5, 5.41) is 8.46. The molecule has 1 aliphatic carbocycles. The third kappa shape index (κ3) is 4.55. The predicted molar refractivity (Wildman–Crippen MR) is 210 cm³/mol. The number of nitrogens with zero attached hydrogens (tertiary/aromatic N) is 1. The Morgan fingerprint density at radius 2 is 1.20 bits per heavy atom. The van der Waals surface area contributed by atoms with E-state index in [0.29, 0.717) is 21.4 Å². The van der Waals surface area contributed by atoms with Gasteiger partial charge in [0.25, 0.3) is 0 Å². The molecular weight excluding hydrogens is 645 g/mol. The average molecular weight is 679 g/mol. The van der Waals surface area contributed by atoms with Crippen molar-refractivity contribution in [2.75, 3.05) is 10.2 Å². The zero-order chi connectivity index (χ0) is 34.3. The molecule has 4 nitrogen and oxygen atoms in total. The van der Waals surface area contributed by atoms with E-state index in [1.807, 2.05) is 24.3 Å². The molecule has 2 atom stereocenters. The average Bonchev–Trinajstić information content (AvgIpc) is 3.57. The van der Waals surface area contributed by atoms with Crippen LogP contribution >= 0.6 is 0 Å². The van der Waals surface area contributed by atoms with Crippen molar-refractivity contribution in [3.8, 4) is 33.4 Å². The van der Waals surface area contributed by atoms with Crippen LogP contribution in [0.15, 0.2) is 173 Å². The molecule has 10 rings (SSSR count). The molecule has 0 saturated heterocycles. The van der Waals surface area contributed by atoms with Gasteiger partial charge in [-0.05, 0) is 97.1 Å². The standard InChI is InChI=1S/C46H34N2O2S/c1-29-18-20-33(21-19-29)46-47-39-16-9-17-41-45(39)48(46)40-27-26-34(28-42(40)51(41,49)50)30-22-24-32(25-23-30)44-37-14-7-5-12-35(37)43(31-10-3-2-4-11-31)36-13-6-8-15-38(36)44/h2-18,20-29,46-47H,19H2,1H3. The summed E-state index contributed by atoms with van der Waals surface area (Å²) in [5.41, 5.74) is 10.0. The molecule has 2 heterocycles. The highest BCUT2D eigenvalue weighted by atomic mass is 32.2. The molecule has 7 aromatic rings. The van der Waals surface area contributed by atoms with Crippen molar-refractivity contribution in [3.63, 3.8) is 0 Å². The number of allylic oxidation sites excluding steroid dienone is 2. The van der Waals surface area contributed by atoms with Crippen LogP contribution in [-0.4, -0.2) is 14.6 Å². The van der Waals surface area contributed by atoms with Crippen LogP contribution in [0.4, 0.5) is 17.1 Å². The van der Waals surface area contributed by atoms with Crippen molar-refractivity contribution in [3.05, 3.63) is 163 Å². The van der Waals surface area contributed by atoms with Crippen LogP contribution in [0.1, 0.15) is 13.3 Å². The number of rotatable bonds is 4. The van der Waals surface area contributed by atoms with Gasteiger partial charge in [-0.3, -0.25) is 0 Å². The van der Waals surface area contributed by atoms with E-state index in [-0.39, 0.29) is 6.17 Å². The molecule has 0 saturated carbocycles. The summed E-state index contributed by atoms with van der Waals surface area (Å²) in [6.07, 6.45) is 7.47. The maximum atomic E-state index is 14.3. The number of para-hydroxylation sites is 1. The minimum absolute atomic E-state index is 0.179. The summed E-state index contributed by atoms with van der Waals surface area (Å²) in [6, 6.07) is 48.0. The minimum Gasteiger partial charge on any atom is -0.359 e. The molecule has 5 heteroatoms. The Labute approximate surface area is 297 Å². The molecule has 51 heavy (non-hydrogen) atoms. The van der Waals surface area contributed by atoms with Gasteiger partial charge < -0.3 is 10.2 Å². The molecule has 0 bridgehead atoms. The Hall–Kier alpha value is -5.91. The van der Waals surface area contributed by atoms with Gasteiger partial charge in [-0.1, -0.05) is 140 Å². The minimum atomic E-state index is -3.76. The van der Waals surface area contributed by atoms with E-state index in [9.17, 15) is 8.42 Å². The van der Waals surface area contributed by atoms with E-state index in [2.05, 4.69) is 145 Å². The lowest BCUT2D eigenvalue weighted by molar-refractivity contribution is 0.594. The van der Waals surface area contributed by atoms with Gasteiger partial charge in [-0.15, -0.1) is 0 Å². The molecule has 0 aromatic heterocycles. The molecular formula is C46H34N2O2S. The van der Waals surface area contributed by atoms with Crippen molar-refractivity contribution in [1.29, 1.82) is 0 Å². The Morgan fingerprint density at radius 3 is 1.82 bits per heavy atom. The van der Waals surface area contributed by atoms with Crippen LogP contribution < -0.4 is 10.2 Å². The third-order valence-corrected chi connectivity index (χ3v) is 12.6. The van der Waals surface area contributed by atoms with E-state index >= 15 is 0 Å². The molecule has 2 unspecified atom stereocenters. The molecule has 0 amide bonds. The van der Waals surface area contributed by atoms with Gasteiger partial charge in [0, 0.05) is 0 Å². The highest BCUT2D eigenvalue weighted by Crippen LogP contribution is 2.54. The Kier molecular flexibility index (Phi) is 6.64. The summed E-state index contributed by atoms with van der Waals surface area (Å²) in [7, 11) is -3.76. The first-order valence-corrected chi connectivity index (χ1v) is 19.0.